The molecular weight excluding hydrogens is 458 g/mol. The number of anilines is 1. The number of carbonyl (C=O) groups excluding carboxylic acids is 1. The topological polar surface area (TPSA) is 98.9 Å². The van der Waals surface area contributed by atoms with Gasteiger partial charge in [0.05, 0.1) is 34.1 Å². The number of nitrogens with zero attached hydrogens (tertiary/aromatic N) is 4. The first-order valence-electron chi connectivity index (χ1n) is 11.2. The predicted molar refractivity (Wildman–Crippen MR) is 125 cm³/mol. The molecule has 3 aromatic heterocycles. The molecule has 6 rings (SSSR count). The second kappa shape index (κ2) is 7.53. The van der Waals surface area contributed by atoms with Gasteiger partial charge in [0, 0.05) is 17.6 Å². The van der Waals surface area contributed by atoms with Gasteiger partial charge in [0.15, 0.2) is 5.82 Å². The minimum absolute atomic E-state index is 0.249. The number of benzene rings is 1. The Morgan fingerprint density at radius 1 is 1.44 bits per heavy atom. The summed E-state index contributed by atoms with van der Waals surface area (Å²) in [6, 6.07) is 7.75. The van der Waals surface area contributed by atoms with Gasteiger partial charge in [0.1, 0.15) is 16.7 Å². The van der Waals surface area contributed by atoms with E-state index in [9.17, 15) is 14.4 Å². The number of halogens is 2. The number of fused-ring (bicyclic) bond motifs is 2. The van der Waals surface area contributed by atoms with Crippen molar-refractivity contribution in [3.63, 3.8) is 0 Å². The molecule has 172 valence electrons. The highest BCUT2D eigenvalue weighted by Crippen LogP contribution is 2.54. The zero-order valence-electron chi connectivity index (χ0n) is 18.2. The van der Waals surface area contributed by atoms with Crippen LogP contribution in [-0.2, 0) is 11.2 Å². The third-order valence-corrected chi connectivity index (χ3v) is 7.99. The second-order valence-corrected chi connectivity index (χ2v) is 10.3. The van der Waals surface area contributed by atoms with Gasteiger partial charge in [0.25, 0.3) is 0 Å². The van der Waals surface area contributed by atoms with Gasteiger partial charge in [0.2, 0.25) is 5.91 Å². The molecular formula is C24H20F2N6OS. The number of pyridine rings is 1. The van der Waals surface area contributed by atoms with Crippen LogP contribution in [0.15, 0.2) is 35.5 Å². The molecule has 0 bridgehead atoms. The number of aromatic amines is 1. The third-order valence-electron chi connectivity index (χ3n) is 6.51. The lowest BCUT2D eigenvalue weighted by Crippen LogP contribution is -2.15. The largest absolute Gasteiger partial charge is 0.309 e. The number of amides is 1. The number of nitrogens with one attached hydrogen (secondary N) is 2. The van der Waals surface area contributed by atoms with Crippen LogP contribution < -0.4 is 5.32 Å². The van der Waals surface area contributed by atoms with Gasteiger partial charge in [-0.15, -0.1) is 0 Å². The van der Waals surface area contributed by atoms with Gasteiger partial charge < -0.3 is 5.32 Å². The van der Waals surface area contributed by atoms with Crippen molar-refractivity contribution in [1.29, 1.82) is 5.26 Å². The van der Waals surface area contributed by atoms with Gasteiger partial charge in [-0.05, 0) is 54.5 Å². The maximum atomic E-state index is 15.8. The van der Waals surface area contributed by atoms with E-state index in [0.29, 0.717) is 33.7 Å². The minimum atomic E-state index is -1.08. The van der Waals surface area contributed by atoms with E-state index in [1.165, 1.54) is 11.8 Å². The van der Waals surface area contributed by atoms with E-state index in [0.717, 1.165) is 29.4 Å². The molecule has 1 amide bonds. The average molecular weight is 479 g/mol. The summed E-state index contributed by atoms with van der Waals surface area (Å²) in [6.07, 6.45) is 4.57. The number of hydrogen-bond donors (Lipinski definition) is 2. The van der Waals surface area contributed by atoms with Crippen molar-refractivity contribution in [3.05, 3.63) is 42.0 Å². The highest BCUT2D eigenvalue weighted by molar-refractivity contribution is 8.01. The number of thioether (sulfide) groups is 1. The monoisotopic (exact) mass is 478 g/mol. The Labute approximate surface area is 197 Å². The van der Waals surface area contributed by atoms with Crippen LogP contribution in [0.1, 0.15) is 31.7 Å². The molecule has 0 radical (unpaired) electrons. The third kappa shape index (κ3) is 3.34. The smallest absolute Gasteiger partial charge is 0.231 e. The number of carbonyl (C=O) groups is 1. The number of nitriles is 1. The molecule has 0 spiro atoms. The van der Waals surface area contributed by atoms with Crippen molar-refractivity contribution in [2.24, 2.45) is 5.92 Å². The van der Waals surface area contributed by atoms with Crippen molar-refractivity contribution >= 4 is 39.9 Å². The quantitative estimate of drug-likeness (QED) is 0.405. The molecule has 2 atom stereocenters. The van der Waals surface area contributed by atoms with Crippen molar-refractivity contribution in [2.75, 3.05) is 5.32 Å². The van der Waals surface area contributed by atoms with Crippen LogP contribution in [0.5, 0.6) is 0 Å². The van der Waals surface area contributed by atoms with Crippen LogP contribution in [0.3, 0.4) is 0 Å². The molecule has 2 fully saturated rings. The molecule has 2 N–H and O–H groups in total. The van der Waals surface area contributed by atoms with Crippen LogP contribution in [0, 0.1) is 23.1 Å². The molecule has 7 nitrogen and oxygen atoms in total. The van der Waals surface area contributed by atoms with E-state index in [1.807, 2.05) is 19.1 Å². The van der Waals surface area contributed by atoms with Crippen LogP contribution in [0.25, 0.3) is 27.5 Å². The molecule has 2 saturated carbocycles. The Morgan fingerprint density at radius 2 is 2.24 bits per heavy atom. The van der Waals surface area contributed by atoms with E-state index >= 15 is 4.39 Å². The Bertz CT molecular complexity index is 1520. The number of H-pyrrole nitrogens is 1. The van der Waals surface area contributed by atoms with Crippen molar-refractivity contribution in [2.45, 2.75) is 48.4 Å². The fourth-order valence-corrected chi connectivity index (χ4v) is 5.55. The average Bonchev–Trinajstić information content (AvgIpc) is 3.66. The first-order valence-corrected chi connectivity index (χ1v) is 12.0. The lowest BCUT2D eigenvalue weighted by Gasteiger charge is -2.16. The normalized spacial score (nSPS) is 20.4. The standard InChI is InChI=1S/C24H20F2N6OS/c1-2-14-19(16-10-28-30-21(16)22(20(14)26)34-24(11-27)4-5-24)12-3-6-32-13(7-12)8-18(31-32)29-23(33)15-9-17(15)25/h3,6-8,10,15,17H,2,4-5,9H2,1H3,(H,28,30)(H,29,31,33)/t15-,17+/m1/s1. The summed E-state index contributed by atoms with van der Waals surface area (Å²) < 4.78 is 30.1. The highest BCUT2D eigenvalue weighted by atomic mass is 32.2. The molecule has 3 heterocycles. The van der Waals surface area contributed by atoms with Crippen LogP contribution in [0.4, 0.5) is 14.6 Å². The number of hydrogen-bond acceptors (Lipinski definition) is 5. The fraction of sp³-hybridized carbons (Fsp3) is 0.333. The number of aromatic nitrogens is 4. The lowest BCUT2D eigenvalue weighted by molar-refractivity contribution is -0.117. The maximum Gasteiger partial charge on any atom is 0.231 e. The van der Waals surface area contributed by atoms with E-state index in [1.54, 1.807) is 23.0 Å². The van der Waals surface area contributed by atoms with Gasteiger partial charge in [-0.3, -0.25) is 9.89 Å². The summed E-state index contributed by atoms with van der Waals surface area (Å²) in [5.74, 6) is -0.954. The summed E-state index contributed by atoms with van der Waals surface area (Å²) in [6.45, 7) is 1.90. The maximum absolute atomic E-state index is 15.8. The summed E-state index contributed by atoms with van der Waals surface area (Å²) in [5.41, 5.74) is 3.38. The summed E-state index contributed by atoms with van der Waals surface area (Å²) in [5, 5.41) is 24.4. The van der Waals surface area contributed by atoms with Gasteiger partial charge in [-0.2, -0.15) is 15.5 Å². The zero-order valence-corrected chi connectivity index (χ0v) is 19.0. The Kier molecular flexibility index (Phi) is 4.68. The van der Waals surface area contributed by atoms with Gasteiger partial charge in [-0.25, -0.2) is 13.3 Å². The summed E-state index contributed by atoms with van der Waals surface area (Å²) in [7, 11) is 0. The second-order valence-electron chi connectivity index (χ2n) is 8.88. The summed E-state index contributed by atoms with van der Waals surface area (Å²) in [4.78, 5) is 12.5. The lowest BCUT2D eigenvalue weighted by atomic mass is 9.94. The van der Waals surface area contributed by atoms with Crippen molar-refractivity contribution < 1.29 is 13.6 Å². The van der Waals surface area contributed by atoms with Gasteiger partial charge >= 0.3 is 0 Å². The van der Waals surface area contributed by atoms with Gasteiger partial charge in [-0.1, -0.05) is 18.7 Å². The molecule has 1 aromatic carbocycles. The van der Waals surface area contributed by atoms with Crippen molar-refractivity contribution in [3.8, 4) is 17.2 Å². The highest BCUT2D eigenvalue weighted by Gasteiger charge is 2.46. The zero-order chi connectivity index (χ0) is 23.6. The van der Waals surface area contributed by atoms with Crippen LogP contribution >= 0.6 is 11.8 Å². The van der Waals surface area contributed by atoms with E-state index in [-0.39, 0.29) is 18.1 Å². The van der Waals surface area contributed by atoms with Crippen molar-refractivity contribution in [1.82, 2.24) is 19.8 Å². The molecule has 0 aliphatic heterocycles. The molecule has 2 aliphatic carbocycles. The fourth-order valence-electron chi connectivity index (χ4n) is 4.34. The molecule has 0 unspecified atom stereocenters. The van der Waals surface area contributed by atoms with Crippen LogP contribution in [0.2, 0.25) is 0 Å². The Hall–Kier alpha value is -3.45. The molecule has 4 aromatic rings. The molecule has 10 heteroatoms. The first kappa shape index (κ1) is 21.1. The Balaban J connectivity index is 1.43. The molecule has 0 saturated heterocycles. The SMILES string of the molecule is CCc1c(F)c(SC2(C#N)CC2)c2[nH]ncc2c1-c1ccn2nc(NC(=O)[C@@H]3C[C@@H]3F)cc2c1. The van der Waals surface area contributed by atoms with E-state index in [4.69, 9.17) is 0 Å². The van der Waals surface area contributed by atoms with E-state index < -0.39 is 16.8 Å². The minimum Gasteiger partial charge on any atom is -0.309 e. The van der Waals surface area contributed by atoms with Crippen LogP contribution in [-0.4, -0.2) is 36.6 Å². The Morgan fingerprint density at radius 3 is 2.91 bits per heavy atom. The van der Waals surface area contributed by atoms with E-state index in [2.05, 4.69) is 26.7 Å². The molecule has 34 heavy (non-hydrogen) atoms. The number of alkyl halides is 1. The first-order chi connectivity index (χ1) is 16.4. The molecule has 2 aliphatic rings. The number of rotatable bonds is 6. The predicted octanol–water partition coefficient (Wildman–Crippen LogP) is 5.02. The summed E-state index contributed by atoms with van der Waals surface area (Å²) >= 11 is 1.28.